The Morgan fingerprint density at radius 2 is 1.96 bits per heavy atom. The Hall–Kier alpha value is -2.84. The lowest BCUT2D eigenvalue weighted by molar-refractivity contribution is -0.115. The number of benzene rings is 1. The molecule has 0 saturated carbocycles. The lowest BCUT2D eigenvalue weighted by Gasteiger charge is -2.10. The van der Waals surface area contributed by atoms with Crippen LogP contribution in [0.1, 0.15) is 11.3 Å². The van der Waals surface area contributed by atoms with Crippen molar-refractivity contribution in [2.75, 3.05) is 5.32 Å². The summed E-state index contributed by atoms with van der Waals surface area (Å²) in [5, 5.41) is 9.94. The number of amides is 1. The Kier molecular flexibility index (Phi) is 5.59. The first-order valence-corrected chi connectivity index (χ1v) is 10.3. The minimum atomic E-state index is -0.133. The van der Waals surface area contributed by atoms with Crippen LogP contribution in [-0.2, 0) is 17.8 Å². The van der Waals surface area contributed by atoms with Gasteiger partial charge in [0.05, 0.1) is 30.6 Å². The highest BCUT2D eigenvalue weighted by atomic mass is 79.9. The van der Waals surface area contributed by atoms with E-state index in [0.717, 1.165) is 26.4 Å². The molecule has 1 N–H and O–H groups in total. The van der Waals surface area contributed by atoms with Gasteiger partial charge in [-0.2, -0.15) is 5.10 Å². The third-order valence-electron chi connectivity index (χ3n) is 4.04. The number of thiazole rings is 1. The molecule has 0 aliphatic heterocycles. The number of nitrogens with zero attached hydrogens (tertiary/aromatic N) is 4. The smallest absolute Gasteiger partial charge is 0.231 e. The molecule has 4 rings (SSSR count). The summed E-state index contributed by atoms with van der Waals surface area (Å²) in [4.78, 5) is 21.3. The van der Waals surface area contributed by atoms with Gasteiger partial charge in [0, 0.05) is 22.1 Å². The molecule has 0 fully saturated rings. The van der Waals surface area contributed by atoms with E-state index < -0.39 is 0 Å². The maximum absolute atomic E-state index is 12.5. The van der Waals surface area contributed by atoms with Crippen molar-refractivity contribution in [1.82, 2.24) is 19.7 Å². The van der Waals surface area contributed by atoms with Gasteiger partial charge >= 0.3 is 0 Å². The van der Waals surface area contributed by atoms with Crippen LogP contribution in [0.4, 0.5) is 5.82 Å². The van der Waals surface area contributed by atoms with Crippen molar-refractivity contribution in [3.05, 3.63) is 82.0 Å². The summed E-state index contributed by atoms with van der Waals surface area (Å²) in [6.07, 6.45) is 3.60. The molecule has 0 spiro atoms. The van der Waals surface area contributed by atoms with Crippen LogP contribution < -0.4 is 5.32 Å². The molecule has 3 heterocycles. The fourth-order valence-corrected chi connectivity index (χ4v) is 3.90. The first-order chi connectivity index (χ1) is 13.7. The average Bonchev–Trinajstić information content (AvgIpc) is 3.34. The number of rotatable bonds is 6. The number of hydrogen-bond donors (Lipinski definition) is 1. The summed E-state index contributed by atoms with van der Waals surface area (Å²) >= 11 is 5.03. The fraction of sp³-hybridized carbons (Fsp3) is 0.100. The summed E-state index contributed by atoms with van der Waals surface area (Å²) in [6.45, 7) is 0.560. The van der Waals surface area contributed by atoms with Gasteiger partial charge < -0.3 is 5.32 Å². The van der Waals surface area contributed by atoms with E-state index in [2.05, 4.69) is 36.3 Å². The van der Waals surface area contributed by atoms with Crippen molar-refractivity contribution >= 4 is 39.0 Å². The van der Waals surface area contributed by atoms with E-state index in [9.17, 15) is 4.79 Å². The number of pyridine rings is 1. The van der Waals surface area contributed by atoms with Gasteiger partial charge in [-0.3, -0.25) is 9.78 Å². The second kappa shape index (κ2) is 8.45. The van der Waals surface area contributed by atoms with Crippen molar-refractivity contribution < 1.29 is 4.79 Å². The van der Waals surface area contributed by atoms with Crippen LogP contribution in [0, 0.1) is 0 Å². The average molecular weight is 454 g/mol. The second-order valence-corrected chi connectivity index (χ2v) is 7.76. The normalized spacial score (nSPS) is 10.8. The van der Waals surface area contributed by atoms with E-state index in [-0.39, 0.29) is 12.3 Å². The number of carbonyl (C=O) groups is 1. The summed E-state index contributed by atoms with van der Waals surface area (Å²) in [5.74, 6) is 0.521. The predicted octanol–water partition coefficient (Wildman–Crippen LogP) is 4.39. The Morgan fingerprint density at radius 1 is 1.11 bits per heavy atom. The Bertz CT molecular complexity index is 1090. The highest BCUT2D eigenvalue weighted by Crippen LogP contribution is 2.22. The maximum atomic E-state index is 12.5. The summed E-state index contributed by atoms with van der Waals surface area (Å²) < 4.78 is 2.77. The molecule has 140 valence electrons. The summed E-state index contributed by atoms with van der Waals surface area (Å²) in [6, 6.07) is 15.4. The summed E-state index contributed by atoms with van der Waals surface area (Å²) in [5.41, 5.74) is 2.62. The van der Waals surface area contributed by atoms with Gasteiger partial charge in [-0.15, -0.1) is 11.3 Å². The van der Waals surface area contributed by atoms with Crippen molar-refractivity contribution in [3.8, 4) is 10.7 Å². The molecule has 1 amide bonds. The highest BCUT2D eigenvalue weighted by Gasteiger charge is 2.12. The molecule has 0 aliphatic carbocycles. The van der Waals surface area contributed by atoms with Crippen LogP contribution in [0.15, 0.2) is 70.8 Å². The Morgan fingerprint density at radius 3 is 2.79 bits per heavy atom. The maximum Gasteiger partial charge on any atom is 0.231 e. The van der Waals surface area contributed by atoms with Crippen LogP contribution in [0.5, 0.6) is 0 Å². The molecule has 3 aromatic heterocycles. The lowest BCUT2D eigenvalue weighted by atomic mass is 10.2. The SMILES string of the molecule is O=C(Cc1csc(-c2ccccn2)n1)Nc1ccnn1Cc1ccccc1Br. The number of carbonyl (C=O) groups excluding carboxylic acids is 1. The second-order valence-electron chi connectivity index (χ2n) is 6.05. The topological polar surface area (TPSA) is 72.7 Å². The molecule has 6 nitrogen and oxygen atoms in total. The van der Waals surface area contributed by atoms with Gasteiger partial charge in [-0.05, 0) is 23.8 Å². The zero-order valence-corrected chi connectivity index (χ0v) is 17.2. The van der Waals surface area contributed by atoms with E-state index in [4.69, 9.17) is 0 Å². The molecule has 28 heavy (non-hydrogen) atoms. The molecule has 0 atom stereocenters. The molecule has 8 heteroatoms. The first kappa shape index (κ1) is 18.5. The molecule has 0 aliphatic rings. The van der Waals surface area contributed by atoms with E-state index in [1.165, 1.54) is 11.3 Å². The standard InChI is InChI=1S/C20H16BrN5OS/c21-16-6-2-1-5-14(16)12-26-18(8-10-23-26)25-19(27)11-15-13-28-20(24-15)17-7-3-4-9-22-17/h1-10,13H,11-12H2,(H,25,27). The molecular formula is C20H16BrN5OS. The third kappa shape index (κ3) is 4.35. The molecule has 1 aromatic carbocycles. The number of nitrogens with one attached hydrogen (secondary N) is 1. The molecule has 0 bridgehead atoms. The van der Waals surface area contributed by atoms with Gasteiger partial charge in [0.2, 0.25) is 5.91 Å². The Labute approximate surface area is 174 Å². The van der Waals surface area contributed by atoms with E-state index >= 15 is 0 Å². The number of halogens is 1. The number of hydrogen-bond acceptors (Lipinski definition) is 5. The minimum absolute atomic E-state index is 0.133. The quantitative estimate of drug-likeness (QED) is 0.469. The zero-order valence-electron chi connectivity index (χ0n) is 14.7. The molecule has 4 aromatic rings. The highest BCUT2D eigenvalue weighted by molar-refractivity contribution is 9.10. The number of aromatic nitrogens is 4. The van der Waals surface area contributed by atoms with E-state index in [1.807, 2.05) is 47.8 Å². The van der Waals surface area contributed by atoms with Crippen molar-refractivity contribution in [3.63, 3.8) is 0 Å². The molecule has 0 unspecified atom stereocenters. The van der Waals surface area contributed by atoms with Crippen LogP contribution in [0.3, 0.4) is 0 Å². The minimum Gasteiger partial charge on any atom is -0.311 e. The molecular weight excluding hydrogens is 438 g/mol. The van der Waals surface area contributed by atoms with E-state index in [0.29, 0.717) is 12.4 Å². The molecule has 0 radical (unpaired) electrons. The van der Waals surface area contributed by atoms with Gasteiger partial charge in [-0.25, -0.2) is 9.67 Å². The monoisotopic (exact) mass is 453 g/mol. The first-order valence-electron chi connectivity index (χ1n) is 8.60. The number of anilines is 1. The van der Waals surface area contributed by atoms with E-state index in [1.54, 1.807) is 23.1 Å². The van der Waals surface area contributed by atoms with Gasteiger partial charge in [-0.1, -0.05) is 40.2 Å². The van der Waals surface area contributed by atoms with Crippen LogP contribution in [0.2, 0.25) is 0 Å². The lowest BCUT2D eigenvalue weighted by Crippen LogP contribution is -2.18. The van der Waals surface area contributed by atoms with Gasteiger partial charge in [0.25, 0.3) is 0 Å². The van der Waals surface area contributed by atoms with Gasteiger partial charge in [0.1, 0.15) is 10.8 Å². The predicted molar refractivity (Wildman–Crippen MR) is 113 cm³/mol. The zero-order chi connectivity index (χ0) is 19.3. The van der Waals surface area contributed by atoms with Crippen LogP contribution in [-0.4, -0.2) is 25.7 Å². The van der Waals surface area contributed by atoms with Crippen molar-refractivity contribution in [2.45, 2.75) is 13.0 Å². The summed E-state index contributed by atoms with van der Waals surface area (Å²) in [7, 11) is 0. The van der Waals surface area contributed by atoms with Crippen LogP contribution in [0.25, 0.3) is 10.7 Å². The van der Waals surface area contributed by atoms with Crippen molar-refractivity contribution in [1.29, 1.82) is 0 Å². The van der Waals surface area contributed by atoms with Crippen molar-refractivity contribution in [2.24, 2.45) is 0 Å². The third-order valence-corrected chi connectivity index (χ3v) is 5.73. The largest absolute Gasteiger partial charge is 0.311 e. The fourth-order valence-electron chi connectivity index (χ4n) is 2.70. The van der Waals surface area contributed by atoms with Gasteiger partial charge in [0.15, 0.2) is 0 Å². The Balaban J connectivity index is 1.42. The van der Waals surface area contributed by atoms with Crippen LogP contribution >= 0.6 is 27.3 Å². The molecule has 0 saturated heterocycles.